The summed E-state index contributed by atoms with van der Waals surface area (Å²) in [4.78, 5) is 0. The number of nitrogens with zero attached hydrogens (tertiary/aromatic N) is 2. The van der Waals surface area contributed by atoms with E-state index in [2.05, 4.69) is 24.1 Å². The molecule has 1 aliphatic heterocycles. The van der Waals surface area contributed by atoms with Crippen LogP contribution in [0.15, 0.2) is 0 Å². The molecule has 1 heterocycles. The molecule has 1 fully saturated rings. The summed E-state index contributed by atoms with van der Waals surface area (Å²) in [6.07, 6.45) is 0.382. The van der Waals surface area contributed by atoms with Crippen molar-refractivity contribution in [1.29, 1.82) is 0 Å². The van der Waals surface area contributed by atoms with Crippen molar-refractivity contribution >= 4 is 0 Å². The molecule has 2 unspecified atom stereocenters. The van der Waals surface area contributed by atoms with Gasteiger partial charge in [0, 0.05) is 41.4 Å². The minimum absolute atomic E-state index is 0.191. The lowest BCUT2D eigenvalue weighted by atomic mass is 10.1. The SMILES string of the molecule is COC1CN(C)N(C)CC1OC. The Hall–Kier alpha value is -0.160. The van der Waals surface area contributed by atoms with Gasteiger partial charge in [0.1, 0.15) is 0 Å². The first-order valence-electron chi connectivity index (χ1n) is 4.16. The Balaban J connectivity index is 2.52. The molecule has 0 bridgehead atoms. The van der Waals surface area contributed by atoms with Crippen LogP contribution in [0.5, 0.6) is 0 Å². The maximum atomic E-state index is 5.32. The van der Waals surface area contributed by atoms with Gasteiger partial charge in [0.2, 0.25) is 0 Å². The molecule has 1 saturated heterocycles. The van der Waals surface area contributed by atoms with E-state index in [1.165, 1.54) is 0 Å². The lowest BCUT2D eigenvalue weighted by Gasteiger charge is -2.41. The van der Waals surface area contributed by atoms with Gasteiger partial charge < -0.3 is 9.47 Å². The van der Waals surface area contributed by atoms with Crippen molar-refractivity contribution in [2.24, 2.45) is 0 Å². The van der Waals surface area contributed by atoms with Gasteiger partial charge in [0.15, 0.2) is 0 Å². The van der Waals surface area contributed by atoms with Gasteiger partial charge in [0.05, 0.1) is 12.2 Å². The smallest absolute Gasteiger partial charge is 0.0986 e. The highest BCUT2D eigenvalue weighted by Crippen LogP contribution is 2.12. The van der Waals surface area contributed by atoms with E-state index >= 15 is 0 Å². The van der Waals surface area contributed by atoms with Crippen LogP contribution < -0.4 is 0 Å². The fraction of sp³-hybridized carbons (Fsp3) is 1.00. The highest BCUT2D eigenvalue weighted by molar-refractivity contribution is 4.79. The van der Waals surface area contributed by atoms with Gasteiger partial charge in [-0.05, 0) is 0 Å². The molecule has 1 rings (SSSR count). The van der Waals surface area contributed by atoms with Crippen molar-refractivity contribution in [2.75, 3.05) is 41.4 Å². The molecule has 4 heteroatoms. The van der Waals surface area contributed by atoms with Crippen LogP contribution in [0, 0.1) is 0 Å². The Kier molecular flexibility index (Phi) is 3.46. The first-order valence-corrected chi connectivity index (χ1v) is 4.16. The number of methoxy groups -OCH3 is 2. The van der Waals surface area contributed by atoms with Gasteiger partial charge in [-0.3, -0.25) is 0 Å². The van der Waals surface area contributed by atoms with E-state index in [9.17, 15) is 0 Å². The summed E-state index contributed by atoms with van der Waals surface area (Å²) >= 11 is 0. The van der Waals surface area contributed by atoms with Crippen molar-refractivity contribution in [3.8, 4) is 0 Å². The zero-order chi connectivity index (χ0) is 9.14. The van der Waals surface area contributed by atoms with Crippen LogP contribution in [0.2, 0.25) is 0 Å². The fourth-order valence-corrected chi connectivity index (χ4v) is 1.49. The quantitative estimate of drug-likeness (QED) is 0.579. The van der Waals surface area contributed by atoms with Crippen molar-refractivity contribution in [1.82, 2.24) is 10.0 Å². The summed E-state index contributed by atoms with van der Waals surface area (Å²) in [6, 6.07) is 0. The van der Waals surface area contributed by atoms with Crippen molar-refractivity contribution < 1.29 is 9.47 Å². The molecule has 0 aromatic carbocycles. The Morgan fingerprint density at radius 3 is 1.50 bits per heavy atom. The van der Waals surface area contributed by atoms with Gasteiger partial charge in [-0.25, -0.2) is 10.0 Å². The lowest BCUT2D eigenvalue weighted by Crippen LogP contribution is -2.56. The van der Waals surface area contributed by atoms with Crippen LogP contribution >= 0.6 is 0 Å². The maximum Gasteiger partial charge on any atom is 0.0986 e. The number of hydrogen-bond acceptors (Lipinski definition) is 4. The van der Waals surface area contributed by atoms with Crippen LogP contribution in [0.4, 0.5) is 0 Å². The van der Waals surface area contributed by atoms with Crippen LogP contribution in [-0.4, -0.2) is 63.6 Å². The molecule has 0 aromatic heterocycles. The van der Waals surface area contributed by atoms with Gasteiger partial charge in [-0.1, -0.05) is 0 Å². The third kappa shape index (κ3) is 1.95. The molecule has 72 valence electrons. The summed E-state index contributed by atoms with van der Waals surface area (Å²) in [6.45, 7) is 1.79. The van der Waals surface area contributed by atoms with Gasteiger partial charge >= 0.3 is 0 Å². The predicted molar refractivity (Wildman–Crippen MR) is 46.9 cm³/mol. The standard InChI is InChI=1S/C8H18N2O2/c1-9-5-7(11-3)8(12-4)6-10(9)2/h7-8H,5-6H2,1-4H3. The Morgan fingerprint density at radius 2 is 1.25 bits per heavy atom. The summed E-state index contributed by atoms with van der Waals surface area (Å²) in [7, 11) is 7.57. The zero-order valence-corrected chi connectivity index (χ0v) is 8.28. The first-order chi connectivity index (χ1) is 5.69. The minimum Gasteiger partial charge on any atom is -0.377 e. The van der Waals surface area contributed by atoms with Crippen molar-refractivity contribution in [3.63, 3.8) is 0 Å². The largest absolute Gasteiger partial charge is 0.377 e. The van der Waals surface area contributed by atoms with E-state index in [0.717, 1.165) is 13.1 Å². The number of likely N-dealkylation sites (N-methyl/N-ethyl adjacent to an activating group) is 2. The summed E-state index contributed by atoms with van der Waals surface area (Å²) < 4.78 is 10.6. The monoisotopic (exact) mass is 174 g/mol. The topological polar surface area (TPSA) is 24.9 Å². The molecular weight excluding hydrogens is 156 g/mol. The normalized spacial score (nSPS) is 34.0. The van der Waals surface area contributed by atoms with Gasteiger partial charge in [0.25, 0.3) is 0 Å². The van der Waals surface area contributed by atoms with Gasteiger partial charge in [-0.2, -0.15) is 0 Å². The second-order valence-corrected chi connectivity index (χ2v) is 3.23. The second kappa shape index (κ2) is 4.18. The molecule has 2 atom stereocenters. The number of hydrogen-bond donors (Lipinski definition) is 0. The van der Waals surface area contributed by atoms with E-state index < -0.39 is 0 Å². The molecule has 0 aromatic rings. The number of ether oxygens (including phenoxy) is 2. The fourth-order valence-electron chi connectivity index (χ4n) is 1.49. The van der Waals surface area contributed by atoms with Crippen LogP contribution in [-0.2, 0) is 9.47 Å². The van der Waals surface area contributed by atoms with Crippen LogP contribution in [0.3, 0.4) is 0 Å². The van der Waals surface area contributed by atoms with E-state index in [0.29, 0.717) is 0 Å². The third-order valence-electron chi connectivity index (χ3n) is 2.49. The minimum atomic E-state index is 0.191. The van der Waals surface area contributed by atoms with E-state index in [4.69, 9.17) is 9.47 Å². The Morgan fingerprint density at radius 1 is 0.917 bits per heavy atom. The Labute approximate surface area is 74.0 Å². The first kappa shape index (κ1) is 9.92. The zero-order valence-electron chi connectivity index (χ0n) is 8.28. The molecule has 0 spiro atoms. The molecule has 0 N–H and O–H groups in total. The molecule has 0 amide bonds. The maximum absolute atomic E-state index is 5.32. The molecule has 12 heavy (non-hydrogen) atoms. The molecule has 0 saturated carbocycles. The highest BCUT2D eigenvalue weighted by Gasteiger charge is 2.30. The average Bonchev–Trinajstić information content (AvgIpc) is 2.09. The van der Waals surface area contributed by atoms with Crippen LogP contribution in [0.1, 0.15) is 0 Å². The molecule has 1 aliphatic rings. The Bertz CT molecular complexity index is 127. The van der Waals surface area contributed by atoms with Crippen molar-refractivity contribution in [3.05, 3.63) is 0 Å². The lowest BCUT2D eigenvalue weighted by molar-refractivity contribution is -0.145. The molecule has 0 radical (unpaired) electrons. The molecule has 4 nitrogen and oxygen atoms in total. The third-order valence-corrected chi connectivity index (χ3v) is 2.49. The molecule has 0 aliphatic carbocycles. The van der Waals surface area contributed by atoms with Crippen molar-refractivity contribution in [2.45, 2.75) is 12.2 Å². The van der Waals surface area contributed by atoms with Gasteiger partial charge in [-0.15, -0.1) is 0 Å². The second-order valence-electron chi connectivity index (χ2n) is 3.23. The van der Waals surface area contributed by atoms with E-state index in [1.807, 2.05) is 0 Å². The highest BCUT2D eigenvalue weighted by atomic mass is 16.5. The van der Waals surface area contributed by atoms with Crippen LogP contribution in [0.25, 0.3) is 0 Å². The summed E-state index contributed by atoms with van der Waals surface area (Å²) in [5.74, 6) is 0. The van der Waals surface area contributed by atoms with E-state index in [1.54, 1.807) is 14.2 Å². The predicted octanol–water partition coefficient (Wildman–Crippen LogP) is -0.191. The van der Waals surface area contributed by atoms with E-state index in [-0.39, 0.29) is 12.2 Å². The summed E-state index contributed by atoms with van der Waals surface area (Å²) in [5, 5.41) is 4.29. The molecular formula is C8H18N2O2. The summed E-state index contributed by atoms with van der Waals surface area (Å²) in [5.41, 5.74) is 0. The number of hydrazine groups is 1. The number of rotatable bonds is 2. The average molecular weight is 174 g/mol.